The first-order valence-corrected chi connectivity index (χ1v) is 5.47. The summed E-state index contributed by atoms with van der Waals surface area (Å²) >= 11 is 0. The molecule has 0 radical (unpaired) electrons. The van der Waals surface area contributed by atoms with Crippen molar-refractivity contribution in [1.82, 2.24) is 4.90 Å². The number of amides is 1. The molecule has 1 atom stereocenters. The predicted octanol–water partition coefficient (Wildman–Crippen LogP) is 2.75. The van der Waals surface area contributed by atoms with E-state index in [4.69, 9.17) is 0 Å². The largest absolute Gasteiger partial charge is 0.336 e. The number of halogens is 1. The van der Waals surface area contributed by atoms with Gasteiger partial charge in [0.05, 0.1) is 0 Å². The van der Waals surface area contributed by atoms with Gasteiger partial charge >= 0.3 is 0 Å². The highest BCUT2D eigenvalue weighted by atomic mass is 19.1. The predicted molar refractivity (Wildman–Crippen MR) is 59.0 cm³/mol. The van der Waals surface area contributed by atoms with Crippen molar-refractivity contribution in [2.45, 2.75) is 34.1 Å². The van der Waals surface area contributed by atoms with Crippen LogP contribution in [0.4, 0.5) is 4.39 Å². The van der Waals surface area contributed by atoms with E-state index in [9.17, 15) is 9.18 Å². The molecule has 86 valence electrons. The topological polar surface area (TPSA) is 20.3 Å². The number of rotatable bonds is 1. The lowest BCUT2D eigenvalue weighted by atomic mass is 9.96. The fourth-order valence-corrected chi connectivity index (χ4v) is 1.71. The molecule has 1 amide bonds. The molecule has 1 fully saturated rings. The molecule has 3 heteroatoms. The Labute approximate surface area is 91.1 Å². The summed E-state index contributed by atoms with van der Waals surface area (Å²) in [6.07, 6.45) is 2.38. The van der Waals surface area contributed by atoms with Crippen molar-refractivity contribution in [3.63, 3.8) is 0 Å². The van der Waals surface area contributed by atoms with Gasteiger partial charge in [-0.05, 0) is 23.8 Å². The Morgan fingerprint density at radius 3 is 2.47 bits per heavy atom. The second-order valence-corrected chi connectivity index (χ2v) is 5.50. The van der Waals surface area contributed by atoms with E-state index in [1.165, 1.54) is 6.08 Å². The van der Waals surface area contributed by atoms with E-state index >= 15 is 0 Å². The molecule has 15 heavy (non-hydrogen) atoms. The molecule has 1 saturated heterocycles. The molecule has 0 unspecified atom stereocenters. The quantitative estimate of drug-likeness (QED) is 0.613. The average Bonchev–Trinajstić information content (AvgIpc) is 2.47. The van der Waals surface area contributed by atoms with Crippen molar-refractivity contribution in [2.24, 2.45) is 11.3 Å². The van der Waals surface area contributed by atoms with Gasteiger partial charge in [0.25, 0.3) is 5.91 Å². The maximum absolute atomic E-state index is 13.5. The Morgan fingerprint density at radius 2 is 2.07 bits per heavy atom. The average molecular weight is 213 g/mol. The van der Waals surface area contributed by atoms with Crippen LogP contribution in [-0.4, -0.2) is 23.9 Å². The Morgan fingerprint density at radius 1 is 1.47 bits per heavy atom. The zero-order valence-corrected chi connectivity index (χ0v) is 10.0. The van der Waals surface area contributed by atoms with Crippen LogP contribution < -0.4 is 0 Å². The minimum absolute atomic E-state index is 0.287. The minimum Gasteiger partial charge on any atom is -0.336 e. The number of carbonyl (C=O) groups excluding carboxylic acids is 1. The molecule has 0 aromatic rings. The molecule has 0 aliphatic carbocycles. The van der Waals surface area contributed by atoms with E-state index in [1.807, 2.05) is 20.8 Å². The number of hydrogen-bond acceptors (Lipinski definition) is 1. The number of hydrogen-bond donors (Lipinski definition) is 0. The van der Waals surface area contributed by atoms with Gasteiger partial charge in [-0.25, -0.2) is 4.39 Å². The molecule has 0 N–H and O–H groups in total. The molecule has 0 aromatic carbocycles. The molecular formula is C12H20FNO. The van der Waals surface area contributed by atoms with E-state index in [0.717, 1.165) is 6.42 Å². The Bertz CT molecular complexity index is 278. The maximum Gasteiger partial charge on any atom is 0.282 e. The lowest BCUT2D eigenvalue weighted by Crippen LogP contribution is -2.29. The standard InChI is InChI=1S/C12H20FNO/c1-9-5-6-14(8-9)11(15)10(13)7-12(2,3)4/h7,9H,5-6,8H2,1-4H3/b10-7-/t9-/m0/s1. The van der Waals surface area contributed by atoms with Crippen LogP contribution in [0.25, 0.3) is 0 Å². The second kappa shape index (κ2) is 4.33. The van der Waals surface area contributed by atoms with Crippen molar-refractivity contribution in [3.8, 4) is 0 Å². The van der Waals surface area contributed by atoms with Crippen LogP contribution in [0.3, 0.4) is 0 Å². The van der Waals surface area contributed by atoms with Crippen molar-refractivity contribution in [3.05, 3.63) is 11.9 Å². The van der Waals surface area contributed by atoms with Gasteiger partial charge in [-0.1, -0.05) is 27.7 Å². The normalized spacial score (nSPS) is 23.4. The zero-order chi connectivity index (χ0) is 11.6. The van der Waals surface area contributed by atoms with Crippen molar-refractivity contribution in [2.75, 3.05) is 13.1 Å². The molecule has 0 aromatic heterocycles. The van der Waals surface area contributed by atoms with Crippen molar-refractivity contribution in [1.29, 1.82) is 0 Å². The first kappa shape index (κ1) is 12.2. The summed E-state index contributed by atoms with van der Waals surface area (Å²) in [4.78, 5) is 13.3. The number of allylic oxidation sites excluding steroid dienone is 1. The Balaban J connectivity index is 2.65. The maximum atomic E-state index is 13.5. The summed E-state index contributed by atoms with van der Waals surface area (Å²) in [5, 5.41) is 0. The summed E-state index contributed by atoms with van der Waals surface area (Å²) in [6, 6.07) is 0. The third-order valence-corrected chi connectivity index (χ3v) is 2.48. The zero-order valence-electron chi connectivity index (χ0n) is 10.0. The van der Waals surface area contributed by atoms with Gasteiger partial charge in [0.1, 0.15) is 0 Å². The van der Waals surface area contributed by atoms with Crippen LogP contribution in [0, 0.1) is 11.3 Å². The van der Waals surface area contributed by atoms with E-state index in [0.29, 0.717) is 19.0 Å². The number of nitrogens with zero attached hydrogens (tertiary/aromatic N) is 1. The van der Waals surface area contributed by atoms with Gasteiger partial charge in [0.2, 0.25) is 0 Å². The lowest BCUT2D eigenvalue weighted by molar-refractivity contribution is -0.127. The van der Waals surface area contributed by atoms with Crippen LogP contribution in [0.2, 0.25) is 0 Å². The van der Waals surface area contributed by atoms with Crippen LogP contribution in [0.1, 0.15) is 34.1 Å². The van der Waals surface area contributed by atoms with Gasteiger partial charge < -0.3 is 4.90 Å². The van der Waals surface area contributed by atoms with E-state index < -0.39 is 11.7 Å². The van der Waals surface area contributed by atoms with Crippen LogP contribution in [0.15, 0.2) is 11.9 Å². The summed E-state index contributed by atoms with van der Waals surface area (Å²) in [7, 11) is 0. The van der Waals surface area contributed by atoms with Crippen LogP contribution >= 0.6 is 0 Å². The molecule has 1 aliphatic heterocycles. The summed E-state index contributed by atoms with van der Waals surface area (Å²) in [6.45, 7) is 9.10. The summed E-state index contributed by atoms with van der Waals surface area (Å²) in [5.74, 6) is -0.567. The third kappa shape index (κ3) is 3.65. The highest BCUT2D eigenvalue weighted by Crippen LogP contribution is 2.22. The van der Waals surface area contributed by atoms with Gasteiger partial charge in [-0.3, -0.25) is 4.79 Å². The summed E-state index contributed by atoms with van der Waals surface area (Å²) < 4.78 is 13.5. The van der Waals surface area contributed by atoms with Crippen LogP contribution in [-0.2, 0) is 4.79 Å². The molecule has 1 rings (SSSR count). The summed E-state index contributed by atoms with van der Waals surface area (Å²) in [5.41, 5.74) is -0.287. The SMILES string of the molecule is C[C@H]1CCN(C(=O)/C(F)=C/C(C)(C)C)C1. The second-order valence-electron chi connectivity index (χ2n) is 5.50. The van der Waals surface area contributed by atoms with Crippen molar-refractivity contribution < 1.29 is 9.18 Å². The highest BCUT2D eigenvalue weighted by Gasteiger charge is 2.26. The first-order chi connectivity index (χ1) is 6.79. The number of carbonyl (C=O) groups is 1. The smallest absolute Gasteiger partial charge is 0.282 e. The highest BCUT2D eigenvalue weighted by molar-refractivity contribution is 5.91. The monoisotopic (exact) mass is 213 g/mol. The minimum atomic E-state index is -0.614. The third-order valence-electron chi connectivity index (χ3n) is 2.48. The molecule has 1 heterocycles. The first-order valence-electron chi connectivity index (χ1n) is 5.47. The molecule has 0 saturated carbocycles. The van der Waals surface area contributed by atoms with Gasteiger partial charge in [0.15, 0.2) is 5.83 Å². The van der Waals surface area contributed by atoms with E-state index in [2.05, 4.69) is 6.92 Å². The molecule has 0 spiro atoms. The van der Waals surface area contributed by atoms with Gasteiger partial charge in [-0.15, -0.1) is 0 Å². The molecular weight excluding hydrogens is 193 g/mol. The molecule has 1 aliphatic rings. The van der Waals surface area contributed by atoms with E-state index in [1.54, 1.807) is 4.90 Å². The molecule has 0 bridgehead atoms. The van der Waals surface area contributed by atoms with Crippen LogP contribution in [0.5, 0.6) is 0 Å². The fourth-order valence-electron chi connectivity index (χ4n) is 1.71. The van der Waals surface area contributed by atoms with Crippen molar-refractivity contribution >= 4 is 5.91 Å². The number of likely N-dealkylation sites (tertiary alicyclic amines) is 1. The van der Waals surface area contributed by atoms with Gasteiger partial charge in [0, 0.05) is 13.1 Å². The lowest BCUT2D eigenvalue weighted by Gasteiger charge is -2.17. The Hall–Kier alpha value is -0.860. The van der Waals surface area contributed by atoms with Gasteiger partial charge in [-0.2, -0.15) is 0 Å². The van der Waals surface area contributed by atoms with E-state index in [-0.39, 0.29) is 5.41 Å². The molecule has 2 nitrogen and oxygen atoms in total. The fraction of sp³-hybridized carbons (Fsp3) is 0.750. The Kier molecular flexibility index (Phi) is 3.53.